The maximum absolute atomic E-state index is 12.0. The first-order chi connectivity index (χ1) is 8.75. The van der Waals surface area contributed by atoms with Crippen molar-refractivity contribution in [3.05, 3.63) is 23.8 Å². The van der Waals surface area contributed by atoms with E-state index in [1.165, 1.54) is 0 Å². The van der Waals surface area contributed by atoms with Crippen molar-refractivity contribution in [2.24, 2.45) is 9.81 Å². The third-order valence-corrected chi connectivity index (χ3v) is 4.21. The van der Waals surface area contributed by atoms with Crippen LogP contribution in [0.2, 0.25) is 0 Å². The van der Waals surface area contributed by atoms with E-state index in [4.69, 9.17) is 4.74 Å². The molecule has 1 aromatic rings. The molecule has 0 spiro atoms. The Labute approximate surface area is 114 Å². The molecular formula is C14H19NO3S. The Morgan fingerprint density at radius 2 is 1.95 bits per heavy atom. The summed E-state index contributed by atoms with van der Waals surface area (Å²) in [7, 11) is -3.54. The summed E-state index contributed by atoms with van der Waals surface area (Å²) in [4.78, 5) is 0.279. The first-order valence-electron chi connectivity index (χ1n) is 6.38. The molecule has 0 aliphatic carbocycles. The van der Waals surface area contributed by atoms with Crippen LogP contribution in [0.1, 0.15) is 39.7 Å². The molecule has 0 bridgehead atoms. The second kappa shape index (κ2) is 4.63. The largest absolute Gasteiger partial charge is 0.494 e. The standard InChI is InChI=1S/C14H19NO3S/c1-5-8-18-10-6-7-12-11(9-10)13(14(2,3)4)15-19(12,16)17/h6-7,9H,5,8H2,1-4H3. The van der Waals surface area contributed by atoms with Crippen LogP contribution < -0.4 is 4.74 Å². The SMILES string of the molecule is CCCOc1ccc2c(c1)C(C(C)(C)C)=NS2(=O)=O. The zero-order valence-electron chi connectivity index (χ0n) is 11.7. The maximum Gasteiger partial charge on any atom is 0.283 e. The lowest BCUT2D eigenvalue weighted by Gasteiger charge is -2.18. The summed E-state index contributed by atoms with van der Waals surface area (Å²) >= 11 is 0. The number of hydrogen-bond acceptors (Lipinski definition) is 3. The van der Waals surface area contributed by atoms with Crippen LogP contribution in [0.3, 0.4) is 0 Å². The molecule has 104 valence electrons. The molecule has 1 heterocycles. The van der Waals surface area contributed by atoms with Crippen molar-refractivity contribution < 1.29 is 13.2 Å². The van der Waals surface area contributed by atoms with E-state index in [1.54, 1.807) is 18.2 Å². The van der Waals surface area contributed by atoms with Gasteiger partial charge in [0.2, 0.25) is 0 Å². The predicted molar refractivity (Wildman–Crippen MR) is 75.4 cm³/mol. The quantitative estimate of drug-likeness (QED) is 0.855. The molecule has 0 radical (unpaired) electrons. The molecule has 0 aromatic heterocycles. The lowest BCUT2D eigenvalue weighted by atomic mass is 9.86. The van der Waals surface area contributed by atoms with Crippen molar-refractivity contribution in [1.82, 2.24) is 0 Å². The van der Waals surface area contributed by atoms with E-state index in [2.05, 4.69) is 4.40 Å². The first kappa shape index (κ1) is 14.1. The molecule has 4 nitrogen and oxygen atoms in total. The van der Waals surface area contributed by atoms with E-state index in [9.17, 15) is 8.42 Å². The zero-order valence-corrected chi connectivity index (χ0v) is 12.5. The lowest BCUT2D eigenvalue weighted by Crippen LogP contribution is -2.19. The van der Waals surface area contributed by atoms with Gasteiger partial charge in [-0.25, -0.2) is 0 Å². The topological polar surface area (TPSA) is 55.7 Å². The molecule has 0 amide bonds. The van der Waals surface area contributed by atoms with Gasteiger partial charge in [0.25, 0.3) is 10.0 Å². The summed E-state index contributed by atoms with van der Waals surface area (Å²) in [5.74, 6) is 0.689. The molecule has 1 aromatic carbocycles. The van der Waals surface area contributed by atoms with Crippen LogP contribution in [0.5, 0.6) is 5.75 Å². The number of ether oxygens (including phenoxy) is 1. The number of rotatable bonds is 3. The predicted octanol–water partition coefficient (Wildman–Crippen LogP) is 3.01. The van der Waals surface area contributed by atoms with Crippen molar-refractivity contribution in [2.75, 3.05) is 6.61 Å². The van der Waals surface area contributed by atoms with Gasteiger partial charge in [-0.1, -0.05) is 27.7 Å². The van der Waals surface area contributed by atoms with Gasteiger partial charge in [-0.05, 0) is 24.6 Å². The highest BCUT2D eigenvalue weighted by Crippen LogP contribution is 2.36. The number of nitrogens with zero attached hydrogens (tertiary/aromatic N) is 1. The van der Waals surface area contributed by atoms with Crippen LogP contribution in [0.15, 0.2) is 27.5 Å². The summed E-state index contributed by atoms with van der Waals surface area (Å²) in [6.45, 7) is 8.51. The van der Waals surface area contributed by atoms with Crippen molar-refractivity contribution in [1.29, 1.82) is 0 Å². The molecule has 0 saturated heterocycles. The molecule has 19 heavy (non-hydrogen) atoms. The lowest BCUT2D eigenvalue weighted by molar-refractivity contribution is 0.317. The Hall–Kier alpha value is -1.36. The fraction of sp³-hybridized carbons (Fsp3) is 0.500. The molecule has 0 unspecified atom stereocenters. The van der Waals surface area contributed by atoms with Gasteiger partial charge in [-0.2, -0.15) is 12.8 Å². The summed E-state index contributed by atoms with van der Waals surface area (Å²) < 4.78 is 33.5. The Balaban J connectivity index is 2.52. The number of sulfonamides is 1. The van der Waals surface area contributed by atoms with E-state index >= 15 is 0 Å². The van der Waals surface area contributed by atoms with Gasteiger partial charge >= 0.3 is 0 Å². The average Bonchev–Trinajstić information content (AvgIpc) is 2.58. The van der Waals surface area contributed by atoms with E-state index < -0.39 is 10.0 Å². The second-order valence-electron chi connectivity index (χ2n) is 5.67. The Bertz CT molecular complexity index is 625. The van der Waals surface area contributed by atoms with Gasteiger partial charge in [0.05, 0.1) is 17.2 Å². The van der Waals surface area contributed by atoms with Gasteiger partial charge in [0.15, 0.2) is 0 Å². The minimum atomic E-state index is -3.54. The summed E-state index contributed by atoms with van der Waals surface area (Å²) in [5.41, 5.74) is 0.951. The van der Waals surface area contributed by atoms with Crippen LogP contribution in [0.25, 0.3) is 0 Å². The summed E-state index contributed by atoms with van der Waals surface area (Å²) in [6, 6.07) is 5.05. The van der Waals surface area contributed by atoms with Crippen molar-refractivity contribution in [3.63, 3.8) is 0 Å². The van der Waals surface area contributed by atoms with E-state index in [0.29, 0.717) is 23.6 Å². The third-order valence-electron chi connectivity index (χ3n) is 2.88. The molecule has 5 heteroatoms. The van der Waals surface area contributed by atoms with Crippen LogP contribution >= 0.6 is 0 Å². The molecule has 0 atom stereocenters. The van der Waals surface area contributed by atoms with Crippen molar-refractivity contribution in [2.45, 2.75) is 39.0 Å². The van der Waals surface area contributed by atoms with Gasteiger partial charge in [-0.15, -0.1) is 0 Å². The first-order valence-corrected chi connectivity index (χ1v) is 7.82. The third kappa shape index (κ3) is 2.66. The number of benzene rings is 1. The number of fused-ring (bicyclic) bond motifs is 1. The summed E-state index contributed by atoms with van der Waals surface area (Å²) in [6.07, 6.45) is 0.912. The maximum atomic E-state index is 12.0. The summed E-state index contributed by atoms with van der Waals surface area (Å²) in [5, 5.41) is 0. The smallest absolute Gasteiger partial charge is 0.283 e. The molecule has 0 saturated carbocycles. The highest BCUT2D eigenvalue weighted by atomic mass is 32.2. The van der Waals surface area contributed by atoms with Crippen LogP contribution in [-0.2, 0) is 10.0 Å². The Morgan fingerprint density at radius 1 is 1.26 bits per heavy atom. The highest BCUT2D eigenvalue weighted by Gasteiger charge is 2.35. The molecule has 2 rings (SSSR count). The number of hydrogen-bond donors (Lipinski definition) is 0. The minimum Gasteiger partial charge on any atom is -0.494 e. The fourth-order valence-electron chi connectivity index (χ4n) is 1.99. The van der Waals surface area contributed by atoms with Gasteiger partial charge in [-0.3, -0.25) is 0 Å². The fourth-order valence-corrected chi connectivity index (χ4v) is 3.37. The molecular weight excluding hydrogens is 262 g/mol. The normalized spacial score (nSPS) is 16.9. The Kier molecular flexibility index (Phi) is 3.43. The molecule has 1 aliphatic rings. The molecule has 1 aliphatic heterocycles. The highest BCUT2D eigenvalue weighted by molar-refractivity contribution is 7.90. The monoisotopic (exact) mass is 281 g/mol. The molecule has 0 N–H and O–H groups in total. The van der Waals surface area contributed by atoms with Crippen LogP contribution in [0.4, 0.5) is 0 Å². The van der Waals surface area contributed by atoms with Crippen LogP contribution in [-0.4, -0.2) is 20.7 Å². The van der Waals surface area contributed by atoms with Gasteiger partial charge in [0, 0.05) is 11.0 Å². The average molecular weight is 281 g/mol. The van der Waals surface area contributed by atoms with E-state index in [1.807, 2.05) is 27.7 Å². The Morgan fingerprint density at radius 3 is 2.53 bits per heavy atom. The van der Waals surface area contributed by atoms with E-state index in [-0.39, 0.29) is 10.3 Å². The molecule has 0 fully saturated rings. The van der Waals surface area contributed by atoms with E-state index in [0.717, 1.165) is 6.42 Å². The minimum absolute atomic E-state index is 0.279. The van der Waals surface area contributed by atoms with Crippen molar-refractivity contribution in [3.8, 4) is 5.75 Å². The van der Waals surface area contributed by atoms with Gasteiger partial charge in [0.1, 0.15) is 5.75 Å². The van der Waals surface area contributed by atoms with Crippen LogP contribution in [0, 0.1) is 5.41 Å². The second-order valence-corrected chi connectivity index (χ2v) is 7.24. The van der Waals surface area contributed by atoms with Gasteiger partial charge < -0.3 is 4.74 Å². The van der Waals surface area contributed by atoms with Crippen molar-refractivity contribution >= 4 is 15.7 Å². The zero-order chi connectivity index (χ0) is 14.3.